The predicted molar refractivity (Wildman–Crippen MR) is 124 cm³/mol. The molecule has 7 heteroatoms. The van der Waals surface area contributed by atoms with Crippen molar-refractivity contribution in [2.24, 2.45) is 0 Å². The van der Waals surface area contributed by atoms with Gasteiger partial charge in [-0.2, -0.15) is 0 Å². The summed E-state index contributed by atoms with van der Waals surface area (Å²) in [6, 6.07) is 15.9. The molecule has 3 aliphatic heterocycles. The maximum atomic E-state index is 13.8. The van der Waals surface area contributed by atoms with E-state index in [0.717, 1.165) is 73.8 Å². The molecule has 6 rings (SSSR count). The van der Waals surface area contributed by atoms with Crippen LogP contribution >= 0.6 is 11.6 Å². The van der Waals surface area contributed by atoms with E-state index in [4.69, 9.17) is 21.1 Å². The number of benzene rings is 2. The number of ether oxygens (including phenoxy) is 2. The van der Waals surface area contributed by atoms with Crippen molar-refractivity contribution < 1.29 is 14.3 Å². The first-order valence-corrected chi connectivity index (χ1v) is 12.0. The SMILES string of the molecule is O=C1N(CN2CCN(c3cccc(Cl)c3)CC2)c2ccccc2C12O[C@H]1CCCC[C@H]1O2. The molecular weight excluding hydrogens is 426 g/mol. The molecule has 1 saturated carbocycles. The fraction of sp³-hybridized carbons (Fsp3) is 0.480. The van der Waals surface area contributed by atoms with Crippen LogP contribution in [0.3, 0.4) is 0 Å². The number of para-hydroxylation sites is 1. The van der Waals surface area contributed by atoms with Gasteiger partial charge in [0, 0.05) is 42.5 Å². The Kier molecular flexibility index (Phi) is 5.14. The Balaban J connectivity index is 1.19. The molecule has 0 radical (unpaired) electrons. The number of nitrogens with zero attached hydrogens (tertiary/aromatic N) is 3. The molecule has 3 heterocycles. The van der Waals surface area contributed by atoms with Crippen LogP contribution in [0.4, 0.5) is 11.4 Å². The lowest BCUT2D eigenvalue weighted by atomic mass is 9.95. The van der Waals surface area contributed by atoms with Gasteiger partial charge in [-0.1, -0.05) is 48.7 Å². The minimum atomic E-state index is -1.27. The molecule has 1 unspecified atom stereocenters. The van der Waals surface area contributed by atoms with E-state index in [1.54, 1.807) is 0 Å². The average Bonchev–Trinajstić information content (AvgIpc) is 3.32. The van der Waals surface area contributed by atoms with Crippen molar-refractivity contribution in [3.63, 3.8) is 0 Å². The van der Waals surface area contributed by atoms with Gasteiger partial charge in [0.25, 0.3) is 11.7 Å². The highest BCUT2D eigenvalue weighted by atomic mass is 35.5. The standard InChI is InChI=1S/C25H28ClN3O3/c26-18-6-5-7-19(16-18)28-14-12-27(13-15-28)17-29-21-9-2-1-8-20(21)25(24(29)30)31-22-10-3-4-11-23(22)32-25/h1-2,5-9,16,22-23H,3-4,10-15,17H2/t22-,23+,25?. The number of hydrogen-bond donors (Lipinski definition) is 0. The molecule has 3 atom stereocenters. The number of carbonyl (C=O) groups excluding carboxylic acids is 1. The summed E-state index contributed by atoms with van der Waals surface area (Å²) >= 11 is 6.17. The first-order valence-electron chi connectivity index (χ1n) is 11.6. The predicted octanol–water partition coefficient (Wildman–Crippen LogP) is 3.98. The summed E-state index contributed by atoms with van der Waals surface area (Å²) in [4.78, 5) is 20.3. The Labute approximate surface area is 193 Å². The quantitative estimate of drug-likeness (QED) is 0.703. The van der Waals surface area contributed by atoms with Crippen LogP contribution in [0, 0.1) is 0 Å². The van der Waals surface area contributed by atoms with Crippen LogP contribution in [0.1, 0.15) is 31.2 Å². The van der Waals surface area contributed by atoms with Crippen molar-refractivity contribution in [1.29, 1.82) is 0 Å². The summed E-state index contributed by atoms with van der Waals surface area (Å²) < 4.78 is 12.8. The van der Waals surface area contributed by atoms with Gasteiger partial charge in [0.2, 0.25) is 0 Å². The summed E-state index contributed by atoms with van der Waals surface area (Å²) in [6.45, 7) is 4.08. The van der Waals surface area contributed by atoms with Crippen molar-refractivity contribution in [3.8, 4) is 0 Å². The summed E-state index contributed by atoms with van der Waals surface area (Å²) in [6.07, 6.45) is 4.23. The van der Waals surface area contributed by atoms with E-state index >= 15 is 0 Å². The minimum absolute atomic E-state index is 0.0157. The first-order chi connectivity index (χ1) is 15.6. The number of carbonyl (C=O) groups is 1. The van der Waals surface area contributed by atoms with Crippen LogP contribution in [0.2, 0.25) is 5.02 Å². The number of hydrogen-bond acceptors (Lipinski definition) is 5. The Morgan fingerprint density at radius 2 is 1.66 bits per heavy atom. The fourth-order valence-electron chi connectivity index (χ4n) is 5.56. The van der Waals surface area contributed by atoms with Gasteiger partial charge in [0.15, 0.2) is 0 Å². The second-order valence-electron chi connectivity index (χ2n) is 9.19. The third-order valence-electron chi connectivity index (χ3n) is 7.24. The van der Waals surface area contributed by atoms with Crippen molar-refractivity contribution in [2.75, 3.05) is 42.6 Å². The molecule has 1 spiro atoms. The highest BCUT2D eigenvalue weighted by Crippen LogP contribution is 2.51. The van der Waals surface area contributed by atoms with Crippen molar-refractivity contribution in [2.45, 2.75) is 43.7 Å². The molecular formula is C25H28ClN3O3. The van der Waals surface area contributed by atoms with E-state index in [0.29, 0.717) is 6.67 Å². The van der Waals surface area contributed by atoms with Crippen molar-refractivity contribution in [1.82, 2.24) is 4.90 Å². The normalized spacial score (nSPS) is 30.1. The maximum absolute atomic E-state index is 13.8. The zero-order chi connectivity index (χ0) is 21.7. The van der Waals surface area contributed by atoms with Crippen LogP contribution in [0.25, 0.3) is 0 Å². The van der Waals surface area contributed by atoms with Gasteiger partial charge >= 0.3 is 0 Å². The number of amides is 1. The van der Waals surface area contributed by atoms with Crippen LogP contribution < -0.4 is 9.80 Å². The zero-order valence-electron chi connectivity index (χ0n) is 18.1. The van der Waals surface area contributed by atoms with E-state index in [9.17, 15) is 4.79 Å². The summed E-state index contributed by atoms with van der Waals surface area (Å²) in [7, 11) is 0. The lowest BCUT2D eigenvalue weighted by molar-refractivity contribution is -0.190. The Bertz CT molecular complexity index is 1010. The van der Waals surface area contributed by atoms with E-state index in [1.165, 1.54) is 0 Å². The van der Waals surface area contributed by atoms with Crippen LogP contribution in [0.5, 0.6) is 0 Å². The number of halogens is 1. The number of rotatable bonds is 3. The number of piperazine rings is 1. The second-order valence-corrected chi connectivity index (χ2v) is 9.63. The molecule has 6 nitrogen and oxygen atoms in total. The maximum Gasteiger partial charge on any atom is 0.293 e. The molecule has 32 heavy (non-hydrogen) atoms. The molecule has 168 valence electrons. The zero-order valence-corrected chi connectivity index (χ0v) is 18.8. The molecule has 2 aromatic rings. The van der Waals surface area contributed by atoms with Gasteiger partial charge in [0.1, 0.15) is 0 Å². The monoisotopic (exact) mass is 453 g/mol. The largest absolute Gasteiger partial charge is 0.369 e. The van der Waals surface area contributed by atoms with Gasteiger partial charge in [-0.3, -0.25) is 14.6 Å². The van der Waals surface area contributed by atoms with E-state index in [-0.39, 0.29) is 18.1 Å². The van der Waals surface area contributed by atoms with Crippen molar-refractivity contribution in [3.05, 3.63) is 59.1 Å². The van der Waals surface area contributed by atoms with Gasteiger partial charge in [0.05, 0.1) is 24.6 Å². The van der Waals surface area contributed by atoms with Crippen LogP contribution in [0.15, 0.2) is 48.5 Å². The molecule has 1 amide bonds. The molecule has 2 saturated heterocycles. The fourth-order valence-corrected chi connectivity index (χ4v) is 5.75. The summed E-state index contributed by atoms with van der Waals surface area (Å²) in [5.41, 5.74) is 2.92. The van der Waals surface area contributed by atoms with E-state index in [1.807, 2.05) is 47.4 Å². The molecule has 0 aromatic heterocycles. The molecule has 1 aliphatic carbocycles. The first kappa shape index (κ1) is 20.5. The third kappa shape index (κ3) is 3.32. The average molecular weight is 454 g/mol. The van der Waals surface area contributed by atoms with E-state index < -0.39 is 5.79 Å². The molecule has 0 N–H and O–H groups in total. The smallest absolute Gasteiger partial charge is 0.293 e. The highest BCUT2D eigenvalue weighted by Gasteiger charge is 2.61. The van der Waals surface area contributed by atoms with Crippen molar-refractivity contribution >= 4 is 28.9 Å². The topological polar surface area (TPSA) is 45.3 Å². The number of anilines is 2. The second kappa shape index (κ2) is 8.03. The lowest BCUT2D eigenvalue weighted by Gasteiger charge is -2.38. The van der Waals surface area contributed by atoms with Gasteiger partial charge in [-0.15, -0.1) is 0 Å². The minimum Gasteiger partial charge on any atom is -0.369 e. The summed E-state index contributed by atoms with van der Waals surface area (Å²) in [5.74, 6) is -1.34. The number of fused-ring (bicyclic) bond motifs is 3. The summed E-state index contributed by atoms with van der Waals surface area (Å²) in [5, 5.41) is 0.756. The van der Waals surface area contributed by atoms with Crippen LogP contribution in [-0.4, -0.2) is 55.9 Å². The Morgan fingerprint density at radius 3 is 2.38 bits per heavy atom. The lowest BCUT2D eigenvalue weighted by Crippen LogP contribution is -2.52. The van der Waals surface area contributed by atoms with Gasteiger partial charge in [-0.25, -0.2) is 0 Å². The molecule has 4 aliphatic rings. The van der Waals surface area contributed by atoms with E-state index in [2.05, 4.69) is 15.9 Å². The third-order valence-corrected chi connectivity index (χ3v) is 7.47. The molecule has 3 fully saturated rings. The molecule has 2 aromatic carbocycles. The van der Waals surface area contributed by atoms with Gasteiger partial charge in [-0.05, 0) is 37.1 Å². The molecule has 0 bridgehead atoms. The highest BCUT2D eigenvalue weighted by molar-refractivity contribution is 6.30. The Morgan fingerprint density at radius 1 is 0.938 bits per heavy atom. The van der Waals surface area contributed by atoms with Crippen LogP contribution in [-0.2, 0) is 20.1 Å². The Hall–Kier alpha value is -2.12. The van der Waals surface area contributed by atoms with Gasteiger partial charge < -0.3 is 14.4 Å².